The second kappa shape index (κ2) is 7.21. The van der Waals surface area contributed by atoms with Crippen molar-refractivity contribution in [1.29, 1.82) is 0 Å². The van der Waals surface area contributed by atoms with Crippen LogP contribution in [0, 0.1) is 0 Å². The Morgan fingerprint density at radius 2 is 1.95 bits per heavy atom. The second-order valence-electron chi connectivity index (χ2n) is 4.31. The predicted octanol–water partition coefficient (Wildman–Crippen LogP) is 2.29. The van der Waals surface area contributed by atoms with Gasteiger partial charge in [-0.3, -0.25) is 4.79 Å². The Bertz CT molecular complexity index is 501. The summed E-state index contributed by atoms with van der Waals surface area (Å²) >= 11 is 0. The van der Waals surface area contributed by atoms with Gasteiger partial charge < -0.3 is 10.6 Å². The Kier molecular flexibility index (Phi) is 4.99. The van der Waals surface area contributed by atoms with Gasteiger partial charge in [0.2, 0.25) is 0 Å². The maximum Gasteiger partial charge on any atom is 0.267 e. The van der Waals surface area contributed by atoms with Crippen LogP contribution in [0.4, 0.5) is 0 Å². The van der Waals surface area contributed by atoms with Crippen LogP contribution in [-0.4, -0.2) is 12.5 Å². The van der Waals surface area contributed by atoms with Gasteiger partial charge in [0.1, 0.15) is 5.70 Å². The van der Waals surface area contributed by atoms with Gasteiger partial charge in [-0.2, -0.15) is 0 Å². The molecule has 2 N–H and O–H groups in total. The molecule has 1 aliphatic rings. The number of carbonyl (C=O) groups excluding carboxylic acids is 1. The average molecular weight is 254 g/mol. The number of benzene rings is 1. The smallest absolute Gasteiger partial charge is 0.267 e. The number of allylic oxidation sites excluding steroid dienone is 4. The monoisotopic (exact) mass is 254 g/mol. The first-order valence-corrected chi connectivity index (χ1v) is 6.48. The van der Waals surface area contributed by atoms with E-state index in [-0.39, 0.29) is 5.91 Å². The summed E-state index contributed by atoms with van der Waals surface area (Å²) < 4.78 is 0. The molecule has 1 amide bonds. The first-order valence-electron chi connectivity index (χ1n) is 6.48. The molecule has 1 aliphatic heterocycles. The van der Waals surface area contributed by atoms with E-state index in [0.29, 0.717) is 12.2 Å². The van der Waals surface area contributed by atoms with E-state index in [1.54, 1.807) is 12.3 Å². The molecule has 19 heavy (non-hydrogen) atoms. The van der Waals surface area contributed by atoms with E-state index in [9.17, 15) is 4.79 Å². The Hall–Kier alpha value is -2.29. The highest BCUT2D eigenvalue weighted by atomic mass is 16.2. The molecule has 0 saturated carbocycles. The van der Waals surface area contributed by atoms with Gasteiger partial charge in [0.25, 0.3) is 5.91 Å². The van der Waals surface area contributed by atoms with Crippen molar-refractivity contribution in [2.75, 3.05) is 6.54 Å². The number of hydrogen-bond donors (Lipinski definition) is 2. The van der Waals surface area contributed by atoms with Crippen molar-refractivity contribution < 1.29 is 4.79 Å². The molecular weight excluding hydrogens is 236 g/mol. The van der Waals surface area contributed by atoms with Crippen LogP contribution >= 0.6 is 0 Å². The van der Waals surface area contributed by atoms with E-state index in [0.717, 1.165) is 12.8 Å². The molecule has 0 fully saturated rings. The van der Waals surface area contributed by atoms with Crippen molar-refractivity contribution in [3.63, 3.8) is 0 Å². The molecule has 1 aromatic rings. The van der Waals surface area contributed by atoms with Crippen LogP contribution in [-0.2, 0) is 11.2 Å². The normalized spacial score (nSPS) is 13.4. The van der Waals surface area contributed by atoms with Crippen molar-refractivity contribution in [2.24, 2.45) is 0 Å². The van der Waals surface area contributed by atoms with Crippen LogP contribution in [0.25, 0.3) is 0 Å². The SMILES string of the molecule is O=C(NCCCc1ccccc1)C1=CC=CC=CN1. The van der Waals surface area contributed by atoms with Crippen molar-refractivity contribution in [1.82, 2.24) is 10.6 Å². The Morgan fingerprint density at radius 3 is 2.79 bits per heavy atom. The quantitative estimate of drug-likeness (QED) is 0.792. The molecule has 0 unspecified atom stereocenters. The zero-order chi connectivity index (χ0) is 13.3. The zero-order valence-corrected chi connectivity index (χ0v) is 10.8. The number of carbonyl (C=O) groups is 1. The minimum atomic E-state index is -0.0655. The fourth-order valence-corrected chi connectivity index (χ4v) is 1.83. The van der Waals surface area contributed by atoms with E-state index < -0.39 is 0 Å². The minimum absolute atomic E-state index is 0.0655. The summed E-state index contributed by atoms with van der Waals surface area (Å²) in [6, 6.07) is 10.3. The van der Waals surface area contributed by atoms with Gasteiger partial charge in [-0.1, -0.05) is 42.5 Å². The lowest BCUT2D eigenvalue weighted by atomic mass is 10.1. The molecular formula is C16H18N2O. The van der Waals surface area contributed by atoms with E-state index in [4.69, 9.17) is 0 Å². The average Bonchev–Trinajstić information content (AvgIpc) is 2.73. The number of amides is 1. The molecule has 0 bridgehead atoms. The molecule has 0 aliphatic carbocycles. The van der Waals surface area contributed by atoms with Crippen LogP contribution in [0.1, 0.15) is 12.0 Å². The summed E-state index contributed by atoms with van der Waals surface area (Å²) in [5.74, 6) is -0.0655. The Labute approximate surface area is 113 Å². The first kappa shape index (κ1) is 13.1. The van der Waals surface area contributed by atoms with Crippen molar-refractivity contribution in [3.8, 4) is 0 Å². The van der Waals surface area contributed by atoms with Gasteiger partial charge in [-0.25, -0.2) is 0 Å². The predicted molar refractivity (Wildman–Crippen MR) is 77.3 cm³/mol. The van der Waals surface area contributed by atoms with E-state index in [1.807, 2.05) is 36.4 Å². The molecule has 3 heteroatoms. The third-order valence-corrected chi connectivity index (χ3v) is 2.84. The topological polar surface area (TPSA) is 41.1 Å². The Morgan fingerprint density at radius 1 is 1.11 bits per heavy atom. The van der Waals surface area contributed by atoms with Crippen molar-refractivity contribution in [3.05, 3.63) is 72.1 Å². The molecule has 0 atom stereocenters. The van der Waals surface area contributed by atoms with Gasteiger partial charge in [-0.05, 0) is 30.6 Å². The molecule has 0 aromatic heterocycles. The number of aryl methyl sites for hydroxylation is 1. The fourth-order valence-electron chi connectivity index (χ4n) is 1.83. The standard InChI is InChI=1S/C16H18N2O/c19-16(15-11-5-2-6-12-17-15)18-13-7-10-14-8-3-1-4-9-14/h1-6,8-9,11-12,17H,7,10,13H2,(H,18,19). The highest BCUT2D eigenvalue weighted by Gasteiger charge is 2.06. The van der Waals surface area contributed by atoms with Gasteiger partial charge >= 0.3 is 0 Å². The van der Waals surface area contributed by atoms with Crippen molar-refractivity contribution in [2.45, 2.75) is 12.8 Å². The molecule has 1 aromatic carbocycles. The van der Waals surface area contributed by atoms with Crippen molar-refractivity contribution >= 4 is 5.91 Å². The van der Waals surface area contributed by atoms with E-state index in [1.165, 1.54) is 5.56 Å². The van der Waals surface area contributed by atoms with Crippen LogP contribution in [0.5, 0.6) is 0 Å². The number of hydrogen-bond acceptors (Lipinski definition) is 2. The lowest BCUT2D eigenvalue weighted by molar-refractivity contribution is -0.117. The highest BCUT2D eigenvalue weighted by Crippen LogP contribution is 2.02. The van der Waals surface area contributed by atoms with Gasteiger partial charge in [-0.15, -0.1) is 0 Å². The maximum absolute atomic E-state index is 11.9. The van der Waals surface area contributed by atoms with Crippen LogP contribution in [0.15, 0.2) is 66.5 Å². The third-order valence-electron chi connectivity index (χ3n) is 2.84. The summed E-state index contributed by atoms with van der Waals surface area (Å²) in [6.45, 7) is 0.681. The van der Waals surface area contributed by atoms with E-state index >= 15 is 0 Å². The van der Waals surface area contributed by atoms with Crippen LogP contribution < -0.4 is 10.6 Å². The molecule has 0 saturated heterocycles. The molecule has 1 heterocycles. The Balaban J connectivity index is 1.71. The largest absolute Gasteiger partial charge is 0.357 e. The fraction of sp³-hybridized carbons (Fsp3) is 0.188. The third kappa shape index (κ3) is 4.47. The van der Waals surface area contributed by atoms with Gasteiger partial charge in [0, 0.05) is 12.7 Å². The van der Waals surface area contributed by atoms with Crippen LogP contribution in [0.3, 0.4) is 0 Å². The molecule has 98 valence electrons. The number of rotatable bonds is 5. The van der Waals surface area contributed by atoms with Gasteiger partial charge in [0.05, 0.1) is 0 Å². The molecule has 3 nitrogen and oxygen atoms in total. The first-order chi connectivity index (χ1) is 9.36. The molecule has 2 rings (SSSR count). The zero-order valence-electron chi connectivity index (χ0n) is 10.8. The summed E-state index contributed by atoms with van der Waals surface area (Å²) in [7, 11) is 0. The lowest BCUT2D eigenvalue weighted by Gasteiger charge is -2.08. The summed E-state index contributed by atoms with van der Waals surface area (Å²) in [6.07, 6.45) is 11.0. The summed E-state index contributed by atoms with van der Waals surface area (Å²) in [5, 5.41) is 5.86. The summed E-state index contributed by atoms with van der Waals surface area (Å²) in [5.41, 5.74) is 1.87. The summed E-state index contributed by atoms with van der Waals surface area (Å²) in [4.78, 5) is 11.9. The minimum Gasteiger partial charge on any atom is -0.357 e. The van der Waals surface area contributed by atoms with Gasteiger partial charge in [0.15, 0.2) is 0 Å². The molecule has 0 spiro atoms. The van der Waals surface area contributed by atoms with E-state index in [2.05, 4.69) is 22.8 Å². The maximum atomic E-state index is 11.9. The second-order valence-corrected chi connectivity index (χ2v) is 4.31. The lowest BCUT2D eigenvalue weighted by Crippen LogP contribution is -2.30. The highest BCUT2D eigenvalue weighted by molar-refractivity contribution is 5.93. The molecule has 0 radical (unpaired) electrons. The number of nitrogens with one attached hydrogen (secondary N) is 2. The van der Waals surface area contributed by atoms with Crippen LogP contribution in [0.2, 0.25) is 0 Å².